The van der Waals surface area contributed by atoms with Gasteiger partial charge < -0.3 is 19.5 Å². The first kappa shape index (κ1) is 30.7. The lowest BCUT2D eigenvalue weighted by Gasteiger charge is -2.44. The van der Waals surface area contributed by atoms with Crippen LogP contribution in [0, 0.1) is 12.8 Å². The van der Waals surface area contributed by atoms with Gasteiger partial charge in [0, 0.05) is 17.7 Å². The minimum atomic E-state index is -3.92. The first-order valence-corrected chi connectivity index (χ1v) is 15.9. The molecule has 2 atom stereocenters. The molecule has 3 heterocycles. The summed E-state index contributed by atoms with van der Waals surface area (Å²) in [5.74, 6) is 0.854. The lowest BCUT2D eigenvalue weighted by Crippen LogP contribution is -2.61. The Bertz CT molecular complexity index is 1590. The smallest absolute Gasteiger partial charge is 0.413 e. The first-order valence-electron chi connectivity index (χ1n) is 14.4. The number of aryl methyl sites for hydroxylation is 1. The molecule has 0 spiro atoms. The number of aromatic nitrogens is 2. The van der Waals surface area contributed by atoms with Crippen LogP contribution in [0.2, 0.25) is 0 Å². The number of fused-ring (bicyclic) bond motifs is 3. The van der Waals surface area contributed by atoms with Crippen LogP contribution in [0.1, 0.15) is 82.6 Å². The maximum atomic E-state index is 14.1. The van der Waals surface area contributed by atoms with Crippen LogP contribution in [0.25, 0.3) is 0 Å². The highest BCUT2D eigenvalue weighted by atomic mass is 32.2. The number of ether oxygens (including phenoxy) is 3. The van der Waals surface area contributed by atoms with Crippen molar-refractivity contribution in [1.82, 2.24) is 15.3 Å². The molecule has 2 aromatic rings. The second-order valence-corrected chi connectivity index (χ2v) is 15.7. The van der Waals surface area contributed by atoms with Gasteiger partial charge in [-0.05, 0) is 85.4 Å². The number of alkyl carbamates (subject to hydrolysis) is 1. The molecule has 0 unspecified atom stereocenters. The van der Waals surface area contributed by atoms with E-state index in [1.165, 1.54) is 20.0 Å². The van der Waals surface area contributed by atoms with Crippen LogP contribution in [-0.4, -0.2) is 65.0 Å². The van der Waals surface area contributed by atoms with Crippen molar-refractivity contribution in [2.75, 3.05) is 18.5 Å². The highest BCUT2D eigenvalue weighted by molar-refractivity contribution is 7.94. The number of amidine groups is 1. The van der Waals surface area contributed by atoms with E-state index >= 15 is 0 Å². The van der Waals surface area contributed by atoms with E-state index in [-0.39, 0.29) is 24.6 Å². The van der Waals surface area contributed by atoms with Crippen LogP contribution < -0.4 is 20.1 Å². The zero-order valence-electron chi connectivity index (χ0n) is 25.6. The van der Waals surface area contributed by atoms with Crippen molar-refractivity contribution >= 4 is 33.4 Å². The molecule has 3 aliphatic rings. The van der Waals surface area contributed by atoms with Crippen molar-refractivity contribution in [2.45, 2.75) is 88.9 Å². The van der Waals surface area contributed by atoms with Gasteiger partial charge in [-0.15, -0.1) is 0 Å². The number of hydrogen-bond acceptors (Lipinski definition) is 10. The largest absolute Gasteiger partial charge is 0.493 e. The number of nitrogens with one attached hydrogen (secondary N) is 2. The Morgan fingerprint density at radius 1 is 1.12 bits per heavy atom. The Labute approximate surface area is 251 Å². The average Bonchev–Trinajstić information content (AvgIpc) is 3.73. The third kappa shape index (κ3) is 6.04. The summed E-state index contributed by atoms with van der Waals surface area (Å²) >= 11 is 0. The standard InChI is InChI=1S/C30H39N5O7S/c1-17-24(31-15-23(32-17)41-16-18-8-9-18)25(36)33-19-10-11-21-20(14-19)30(7)22(12-13-40-21)43(38,39)29(5,6)26(35-30)34-27(37)42-28(2,3)4/h10-11,14-15,18,22H,8-9,12-13,16H2,1-7H3,(H,33,36)(H,34,35,37)/t22-,30-/m1/s1. The van der Waals surface area contributed by atoms with E-state index in [0.29, 0.717) is 41.1 Å². The normalized spacial score (nSPS) is 23.8. The molecule has 1 fully saturated rings. The number of aliphatic imine (C=N–C) groups is 1. The summed E-state index contributed by atoms with van der Waals surface area (Å²) in [6.07, 6.45) is 3.11. The number of hydrogen-bond donors (Lipinski definition) is 2. The Morgan fingerprint density at radius 2 is 1.84 bits per heavy atom. The molecular weight excluding hydrogens is 574 g/mol. The molecule has 2 amide bonds. The topological polar surface area (TPSA) is 158 Å². The summed E-state index contributed by atoms with van der Waals surface area (Å²) in [5.41, 5.74) is -0.735. The molecule has 0 saturated heterocycles. The number of sulfone groups is 1. The van der Waals surface area contributed by atoms with Gasteiger partial charge in [0.2, 0.25) is 5.88 Å². The molecule has 5 rings (SSSR count). The Kier molecular flexibility index (Phi) is 7.68. The number of carbonyl (C=O) groups is 2. The van der Waals surface area contributed by atoms with E-state index in [4.69, 9.17) is 19.2 Å². The summed E-state index contributed by atoms with van der Waals surface area (Å²) < 4.78 is 43.7. The molecule has 1 aromatic heterocycles. The molecule has 2 N–H and O–H groups in total. The van der Waals surface area contributed by atoms with Gasteiger partial charge in [-0.1, -0.05) is 0 Å². The van der Waals surface area contributed by atoms with Gasteiger partial charge in [0.1, 0.15) is 33.2 Å². The number of carbonyl (C=O) groups excluding carboxylic acids is 2. The molecular formula is C30H39N5O7S. The maximum Gasteiger partial charge on any atom is 0.413 e. The zero-order valence-corrected chi connectivity index (χ0v) is 26.4. The molecule has 1 aliphatic carbocycles. The van der Waals surface area contributed by atoms with E-state index in [0.717, 1.165) is 12.8 Å². The average molecular weight is 614 g/mol. The summed E-state index contributed by atoms with van der Waals surface area (Å²) in [7, 11) is -3.92. The Balaban J connectivity index is 1.47. The minimum absolute atomic E-state index is 0.0299. The molecule has 232 valence electrons. The molecule has 1 aromatic carbocycles. The van der Waals surface area contributed by atoms with Crippen LogP contribution >= 0.6 is 0 Å². The second-order valence-electron chi connectivity index (χ2n) is 13.0. The quantitative estimate of drug-likeness (QED) is 0.501. The molecule has 12 nitrogen and oxygen atoms in total. The third-order valence-electron chi connectivity index (χ3n) is 7.97. The Morgan fingerprint density at radius 3 is 2.49 bits per heavy atom. The Hall–Kier alpha value is -3.74. The van der Waals surface area contributed by atoms with Crippen LogP contribution in [-0.2, 0) is 20.1 Å². The van der Waals surface area contributed by atoms with Crippen molar-refractivity contribution < 1.29 is 32.2 Å². The predicted octanol–water partition coefficient (Wildman–Crippen LogP) is 4.32. The maximum absolute atomic E-state index is 14.1. The van der Waals surface area contributed by atoms with Crippen molar-refractivity contribution in [3.63, 3.8) is 0 Å². The van der Waals surface area contributed by atoms with Crippen molar-refractivity contribution in [1.29, 1.82) is 0 Å². The van der Waals surface area contributed by atoms with Gasteiger partial charge in [0.05, 0.1) is 30.4 Å². The van der Waals surface area contributed by atoms with Crippen molar-refractivity contribution in [3.05, 3.63) is 41.3 Å². The van der Waals surface area contributed by atoms with Crippen LogP contribution in [0.3, 0.4) is 0 Å². The van der Waals surface area contributed by atoms with E-state index < -0.39 is 43.0 Å². The van der Waals surface area contributed by atoms with Gasteiger partial charge in [-0.25, -0.2) is 23.2 Å². The number of nitrogens with zero attached hydrogens (tertiary/aromatic N) is 3. The van der Waals surface area contributed by atoms with E-state index in [9.17, 15) is 18.0 Å². The molecule has 13 heteroatoms. The van der Waals surface area contributed by atoms with E-state index in [1.54, 1.807) is 52.8 Å². The summed E-state index contributed by atoms with van der Waals surface area (Å²) in [6.45, 7) is 12.3. The monoisotopic (exact) mass is 613 g/mol. The van der Waals surface area contributed by atoms with Gasteiger partial charge in [0.15, 0.2) is 9.84 Å². The second kappa shape index (κ2) is 10.8. The summed E-state index contributed by atoms with van der Waals surface area (Å²) in [6, 6.07) is 5.00. The molecule has 0 bridgehead atoms. The number of benzene rings is 1. The number of rotatable bonds is 5. The van der Waals surface area contributed by atoms with E-state index in [2.05, 4.69) is 20.6 Å². The molecule has 2 aliphatic heterocycles. The highest BCUT2D eigenvalue weighted by Gasteiger charge is 2.58. The summed E-state index contributed by atoms with van der Waals surface area (Å²) in [4.78, 5) is 39.5. The lowest BCUT2D eigenvalue weighted by atomic mass is 9.86. The van der Waals surface area contributed by atoms with Crippen LogP contribution in [0.4, 0.5) is 10.5 Å². The SMILES string of the molecule is Cc1nc(OCC2CC2)cnc1C(=O)Nc1ccc2c(c1)[C@@]1(C)N=C(NC(=O)OC(C)(C)C)C(C)(C)S(=O)(=O)[C@@H]1CCO2. The fourth-order valence-electron chi connectivity index (χ4n) is 5.32. The zero-order chi connectivity index (χ0) is 31.4. The minimum Gasteiger partial charge on any atom is -0.493 e. The predicted molar refractivity (Wildman–Crippen MR) is 160 cm³/mol. The van der Waals surface area contributed by atoms with Crippen molar-refractivity contribution in [3.8, 4) is 11.6 Å². The molecule has 43 heavy (non-hydrogen) atoms. The van der Waals surface area contributed by atoms with Crippen molar-refractivity contribution in [2.24, 2.45) is 10.9 Å². The van der Waals surface area contributed by atoms with E-state index in [1.807, 2.05) is 0 Å². The van der Waals surface area contributed by atoms with Gasteiger partial charge in [-0.2, -0.15) is 0 Å². The lowest BCUT2D eigenvalue weighted by molar-refractivity contribution is 0.0560. The summed E-state index contributed by atoms with van der Waals surface area (Å²) in [5, 5.41) is 4.49. The van der Waals surface area contributed by atoms with Crippen LogP contribution in [0.15, 0.2) is 29.4 Å². The molecule has 0 radical (unpaired) electrons. The fraction of sp³-hybridized carbons (Fsp3) is 0.567. The van der Waals surface area contributed by atoms with Gasteiger partial charge in [0.25, 0.3) is 5.91 Å². The van der Waals surface area contributed by atoms with Gasteiger partial charge >= 0.3 is 6.09 Å². The number of amides is 2. The fourth-order valence-corrected chi connectivity index (χ4v) is 7.58. The first-order chi connectivity index (χ1) is 20.0. The molecule has 1 saturated carbocycles. The van der Waals surface area contributed by atoms with Gasteiger partial charge in [-0.3, -0.25) is 15.1 Å². The highest BCUT2D eigenvalue weighted by Crippen LogP contribution is 2.49. The third-order valence-corrected chi connectivity index (χ3v) is 11.0. The van der Waals surface area contributed by atoms with Crippen LogP contribution in [0.5, 0.6) is 11.6 Å². The number of anilines is 1.